The molecule has 108 valence electrons. The van der Waals surface area contributed by atoms with Gasteiger partial charge in [-0.05, 0) is 30.2 Å². The molecule has 19 heavy (non-hydrogen) atoms. The number of hydrogen-bond donors (Lipinski definition) is 1. The van der Waals surface area contributed by atoms with E-state index in [1.165, 1.54) is 0 Å². The van der Waals surface area contributed by atoms with Crippen molar-refractivity contribution in [3.63, 3.8) is 0 Å². The molecule has 1 aromatic carbocycles. The monoisotopic (exact) mass is 284 g/mol. The highest BCUT2D eigenvalue weighted by Gasteiger charge is 2.23. The molecule has 0 amide bonds. The number of anilines is 1. The van der Waals surface area contributed by atoms with E-state index in [9.17, 15) is 8.42 Å². The molecule has 4 nitrogen and oxygen atoms in total. The number of rotatable bonds is 7. The summed E-state index contributed by atoms with van der Waals surface area (Å²) in [4.78, 5) is 0.358. The largest absolute Gasteiger partial charge is 0.388 e. The van der Waals surface area contributed by atoms with Crippen molar-refractivity contribution in [3.8, 4) is 0 Å². The van der Waals surface area contributed by atoms with E-state index in [4.69, 9.17) is 0 Å². The van der Waals surface area contributed by atoms with Crippen LogP contribution in [-0.4, -0.2) is 32.9 Å². The van der Waals surface area contributed by atoms with Gasteiger partial charge in [-0.25, -0.2) is 8.42 Å². The Morgan fingerprint density at radius 1 is 1.21 bits per heavy atom. The highest BCUT2D eigenvalue weighted by molar-refractivity contribution is 7.89. The second-order valence-electron chi connectivity index (χ2n) is 4.74. The SMILES string of the molecule is CCC(C)CN(CC)S(=O)(=O)c1ccc(NC)cc1. The molecule has 1 N–H and O–H groups in total. The lowest BCUT2D eigenvalue weighted by Gasteiger charge is -2.23. The molecule has 1 atom stereocenters. The van der Waals surface area contributed by atoms with Gasteiger partial charge in [-0.2, -0.15) is 4.31 Å². The molecule has 5 heteroatoms. The van der Waals surface area contributed by atoms with Crippen molar-refractivity contribution in [3.05, 3.63) is 24.3 Å². The van der Waals surface area contributed by atoms with Gasteiger partial charge in [0.1, 0.15) is 0 Å². The van der Waals surface area contributed by atoms with Crippen LogP contribution in [0.4, 0.5) is 5.69 Å². The van der Waals surface area contributed by atoms with Crippen LogP contribution in [0.3, 0.4) is 0 Å². The zero-order chi connectivity index (χ0) is 14.5. The number of sulfonamides is 1. The van der Waals surface area contributed by atoms with Crippen molar-refractivity contribution < 1.29 is 8.42 Å². The van der Waals surface area contributed by atoms with Gasteiger partial charge in [0, 0.05) is 25.8 Å². The van der Waals surface area contributed by atoms with Gasteiger partial charge >= 0.3 is 0 Å². The molecule has 0 radical (unpaired) electrons. The quantitative estimate of drug-likeness (QED) is 0.837. The third kappa shape index (κ3) is 3.94. The minimum absolute atomic E-state index is 0.358. The van der Waals surface area contributed by atoms with Gasteiger partial charge in [0.15, 0.2) is 0 Å². The number of hydrogen-bond acceptors (Lipinski definition) is 3. The van der Waals surface area contributed by atoms with Crippen LogP contribution in [0, 0.1) is 5.92 Å². The molecule has 0 spiro atoms. The van der Waals surface area contributed by atoms with E-state index in [-0.39, 0.29) is 0 Å². The van der Waals surface area contributed by atoms with Crippen LogP contribution in [0.1, 0.15) is 27.2 Å². The van der Waals surface area contributed by atoms with E-state index in [1.54, 1.807) is 28.6 Å². The van der Waals surface area contributed by atoms with Crippen LogP contribution in [0.15, 0.2) is 29.2 Å². The van der Waals surface area contributed by atoms with Crippen LogP contribution in [0.2, 0.25) is 0 Å². The maximum absolute atomic E-state index is 12.5. The lowest BCUT2D eigenvalue weighted by Crippen LogP contribution is -2.34. The van der Waals surface area contributed by atoms with E-state index in [2.05, 4.69) is 19.2 Å². The molecule has 0 bridgehead atoms. The van der Waals surface area contributed by atoms with Crippen molar-refractivity contribution in [2.75, 3.05) is 25.5 Å². The highest BCUT2D eigenvalue weighted by Crippen LogP contribution is 2.19. The summed E-state index contributed by atoms with van der Waals surface area (Å²) in [5.74, 6) is 0.367. The minimum Gasteiger partial charge on any atom is -0.388 e. The van der Waals surface area contributed by atoms with Crippen LogP contribution in [0.5, 0.6) is 0 Å². The lowest BCUT2D eigenvalue weighted by molar-refractivity contribution is 0.361. The Balaban J connectivity index is 2.99. The third-order valence-corrected chi connectivity index (χ3v) is 5.30. The molecule has 1 aromatic rings. The number of benzene rings is 1. The minimum atomic E-state index is -3.38. The summed E-state index contributed by atoms with van der Waals surface area (Å²) < 4.78 is 26.6. The van der Waals surface area contributed by atoms with Crippen molar-refractivity contribution >= 4 is 15.7 Å². The lowest BCUT2D eigenvalue weighted by atomic mass is 10.1. The van der Waals surface area contributed by atoms with E-state index in [0.717, 1.165) is 12.1 Å². The average molecular weight is 284 g/mol. The van der Waals surface area contributed by atoms with Gasteiger partial charge in [-0.1, -0.05) is 27.2 Å². The molecular formula is C14H24N2O2S. The molecule has 0 aliphatic carbocycles. The van der Waals surface area contributed by atoms with Crippen LogP contribution >= 0.6 is 0 Å². The van der Waals surface area contributed by atoms with Gasteiger partial charge in [0.05, 0.1) is 4.90 Å². The summed E-state index contributed by atoms with van der Waals surface area (Å²) in [6.45, 7) is 7.10. The summed E-state index contributed by atoms with van der Waals surface area (Å²) in [7, 11) is -1.57. The smallest absolute Gasteiger partial charge is 0.243 e. The molecular weight excluding hydrogens is 260 g/mol. The predicted octanol–water partition coefficient (Wildman–Crippen LogP) is 2.79. The van der Waals surface area contributed by atoms with E-state index in [0.29, 0.717) is 23.9 Å². The van der Waals surface area contributed by atoms with Crippen molar-refractivity contribution in [2.24, 2.45) is 5.92 Å². The first-order valence-electron chi connectivity index (χ1n) is 6.73. The van der Waals surface area contributed by atoms with Gasteiger partial charge in [0.2, 0.25) is 10.0 Å². The van der Waals surface area contributed by atoms with Gasteiger partial charge < -0.3 is 5.32 Å². The average Bonchev–Trinajstić information content (AvgIpc) is 2.44. The molecule has 0 aliphatic rings. The van der Waals surface area contributed by atoms with Crippen LogP contribution < -0.4 is 5.32 Å². The summed E-state index contributed by atoms with van der Waals surface area (Å²) in [5.41, 5.74) is 0.906. The zero-order valence-electron chi connectivity index (χ0n) is 12.2. The normalized spacial score (nSPS) is 13.5. The van der Waals surface area contributed by atoms with E-state index in [1.807, 2.05) is 14.0 Å². The summed E-state index contributed by atoms with van der Waals surface area (Å²) in [6.07, 6.45) is 0.977. The summed E-state index contributed by atoms with van der Waals surface area (Å²) >= 11 is 0. The molecule has 0 saturated carbocycles. The summed E-state index contributed by atoms with van der Waals surface area (Å²) in [6, 6.07) is 6.87. The van der Waals surface area contributed by atoms with Crippen LogP contribution in [-0.2, 0) is 10.0 Å². The Morgan fingerprint density at radius 3 is 2.21 bits per heavy atom. The molecule has 1 unspecified atom stereocenters. The molecule has 0 aromatic heterocycles. The fraction of sp³-hybridized carbons (Fsp3) is 0.571. The maximum atomic E-state index is 12.5. The third-order valence-electron chi connectivity index (χ3n) is 3.35. The van der Waals surface area contributed by atoms with E-state index < -0.39 is 10.0 Å². The fourth-order valence-corrected chi connectivity index (χ4v) is 3.39. The fourth-order valence-electron chi connectivity index (χ4n) is 1.82. The Bertz CT molecular complexity index is 483. The molecule has 1 rings (SSSR count). The Morgan fingerprint density at radius 2 is 1.79 bits per heavy atom. The Kier molecular flexibility index (Phi) is 5.82. The standard InChI is InChI=1S/C14H24N2O2S/c1-5-12(3)11-16(6-2)19(17,18)14-9-7-13(15-4)8-10-14/h7-10,12,15H,5-6,11H2,1-4H3. The predicted molar refractivity (Wildman–Crippen MR) is 79.9 cm³/mol. The molecule has 0 fully saturated rings. The topological polar surface area (TPSA) is 49.4 Å². The van der Waals surface area contributed by atoms with Crippen molar-refractivity contribution in [1.82, 2.24) is 4.31 Å². The van der Waals surface area contributed by atoms with Crippen molar-refractivity contribution in [2.45, 2.75) is 32.1 Å². The second-order valence-corrected chi connectivity index (χ2v) is 6.68. The summed E-state index contributed by atoms with van der Waals surface area (Å²) in [5, 5.41) is 2.98. The Hall–Kier alpha value is -1.07. The molecule has 0 saturated heterocycles. The Labute approximate surface area is 116 Å². The first-order chi connectivity index (χ1) is 8.95. The zero-order valence-corrected chi connectivity index (χ0v) is 13.0. The first kappa shape index (κ1) is 16.0. The van der Waals surface area contributed by atoms with Crippen LogP contribution in [0.25, 0.3) is 0 Å². The van der Waals surface area contributed by atoms with Gasteiger partial charge in [-0.15, -0.1) is 0 Å². The number of nitrogens with zero attached hydrogens (tertiary/aromatic N) is 1. The van der Waals surface area contributed by atoms with Gasteiger partial charge in [0.25, 0.3) is 0 Å². The molecule has 0 heterocycles. The van der Waals surface area contributed by atoms with E-state index >= 15 is 0 Å². The van der Waals surface area contributed by atoms with Gasteiger partial charge in [-0.3, -0.25) is 0 Å². The van der Waals surface area contributed by atoms with Crippen molar-refractivity contribution in [1.29, 1.82) is 0 Å². The second kappa shape index (κ2) is 6.91. The molecule has 0 aliphatic heterocycles. The first-order valence-corrected chi connectivity index (χ1v) is 8.17. The highest BCUT2D eigenvalue weighted by atomic mass is 32.2. The number of nitrogens with one attached hydrogen (secondary N) is 1. The maximum Gasteiger partial charge on any atom is 0.243 e.